The van der Waals surface area contributed by atoms with Crippen molar-refractivity contribution in [3.8, 4) is 0 Å². The van der Waals surface area contributed by atoms with Crippen molar-refractivity contribution in [1.29, 1.82) is 0 Å². The van der Waals surface area contributed by atoms with Crippen LogP contribution < -0.4 is 0 Å². The quantitative estimate of drug-likeness (QED) is 0.624. The summed E-state index contributed by atoms with van der Waals surface area (Å²) in [7, 11) is 0. The van der Waals surface area contributed by atoms with Gasteiger partial charge in [-0.1, -0.05) is 83.2 Å². The highest BCUT2D eigenvalue weighted by Gasteiger charge is 2.19. The molecule has 1 aliphatic carbocycles. The molecule has 0 radical (unpaired) electrons. The summed E-state index contributed by atoms with van der Waals surface area (Å²) in [6, 6.07) is 10.9. The molecule has 18 heavy (non-hydrogen) atoms. The molecule has 0 heteroatoms. The van der Waals surface area contributed by atoms with E-state index in [1.54, 1.807) is 0 Å². The van der Waals surface area contributed by atoms with Gasteiger partial charge >= 0.3 is 0 Å². The molecule has 1 aromatic carbocycles. The van der Waals surface area contributed by atoms with Gasteiger partial charge < -0.3 is 0 Å². The van der Waals surface area contributed by atoms with Gasteiger partial charge in [0.25, 0.3) is 0 Å². The summed E-state index contributed by atoms with van der Waals surface area (Å²) in [4.78, 5) is 0. The predicted molar refractivity (Wildman–Crippen MR) is 81.9 cm³/mol. The Bertz CT molecular complexity index is 282. The first-order valence-electron chi connectivity index (χ1n) is 7.90. The van der Waals surface area contributed by atoms with E-state index in [1.165, 1.54) is 50.5 Å². The van der Waals surface area contributed by atoms with Gasteiger partial charge in [-0.15, -0.1) is 0 Å². The van der Waals surface area contributed by atoms with Crippen molar-refractivity contribution in [3.63, 3.8) is 0 Å². The van der Waals surface area contributed by atoms with Crippen LogP contribution in [0.3, 0.4) is 0 Å². The van der Waals surface area contributed by atoms with Crippen molar-refractivity contribution in [2.75, 3.05) is 0 Å². The molecule has 0 aromatic heterocycles. The Morgan fingerprint density at radius 2 is 1.61 bits per heavy atom. The fraction of sp³-hybridized carbons (Fsp3) is 0.667. The number of aryl methyl sites for hydroxylation is 1. The number of hydrogen-bond donors (Lipinski definition) is 0. The lowest BCUT2D eigenvalue weighted by molar-refractivity contribution is 0.252. The van der Waals surface area contributed by atoms with Crippen LogP contribution in [0.4, 0.5) is 0 Å². The van der Waals surface area contributed by atoms with E-state index in [-0.39, 0.29) is 0 Å². The Kier molecular flexibility index (Phi) is 7.80. The SMILES string of the molecule is CC.C[C@H](CCc1ccccc1)C1CCCCC1. The van der Waals surface area contributed by atoms with Gasteiger partial charge in [-0.25, -0.2) is 0 Å². The van der Waals surface area contributed by atoms with Crippen molar-refractivity contribution in [2.24, 2.45) is 11.8 Å². The van der Waals surface area contributed by atoms with E-state index in [1.807, 2.05) is 13.8 Å². The standard InChI is InChI=1S/C16H24.C2H6/c1-14(16-10-6-3-7-11-16)12-13-15-8-4-2-5-9-15;1-2/h2,4-5,8-9,14,16H,3,6-7,10-13H2,1H3;1-2H3/t14-;/m1./s1. The largest absolute Gasteiger partial charge is 0.0683 e. The van der Waals surface area contributed by atoms with Crippen LogP contribution in [0.25, 0.3) is 0 Å². The van der Waals surface area contributed by atoms with Gasteiger partial charge in [-0.2, -0.15) is 0 Å². The van der Waals surface area contributed by atoms with Crippen molar-refractivity contribution in [2.45, 2.75) is 65.7 Å². The van der Waals surface area contributed by atoms with E-state index in [4.69, 9.17) is 0 Å². The third kappa shape index (κ3) is 5.25. The van der Waals surface area contributed by atoms with Crippen molar-refractivity contribution in [3.05, 3.63) is 35.9 Å². The zero-order valence-corrected chi connectivity index (χ0v) is 12.5. The Morgan fingerprint density at radius 1 is 1.00 bits per heavy atom. The molecule has 2 rings (SSSR count). The summed E-state index contributed by atoms with van der Waals surface area (Å²) in [5, 5.41) is 0. The fourth-order valence-corrected chi connectivity index (χ4v) is 2.98. The zero-order valence-electron chi connectivity index (χ0n) is 12.5. The average Bonchev–Trinajstić information content (AvgIpc) is 2.49. The topological polar surface area (TPSA) is 0 Å². The third-order valence-electron chi connectivity index (χ3n) is 4.19. The Labute approximate surface area is 114 Å². The Balaban J connectivity index is 0.000000771. The summed E-state index contributed by atoms with van der Waals surface area (Å²) < 4.78 is 0. The normalized spacial score (nSPS) is 17.7. The van der Waals surface area contributed by atoms with Gasteiger partial charge in [0.05, 0.1) is 0 Å². The van der Waals surface area contributed by atoms with E-state index in [0.29, 0.717) is 0 Å². The molecule has 0 aliphatic heterocycles. The van der Waals surface area contributed by atoms with Crippen molar-refractivity contribution in [1.82, 2.24) is 0 Å². The van der Waals surface area contributed by atoms with Crippen LogP contribution in [0.15, 0.2) is 30.3 Å². The summed E-state index contributed by atoms with van der Waals surface area (Å²) in [5.74, 6) is 1.93. The zero-order chi connectivity index (χ0) is 13.2. The van der Waals surface area contributed by atoms with Gasteiger partial charge in [0, 0.05) is 0 Å². The highest BCUT2D eigenvalue weighted by molar-refractivity contribution is 5.14. The predicted octanol–water partition coefficient (Wildman–Crippen LogP) is 5.86. The first-order chi connectivity index (χ1) is 8.86. The fourth-order valence-electron chi connectivity index (χ4n) is 2.98. The monoisotopic (exact) mass is 246 g/mol. The first-order valence-corrected chi connectivity index (χ1v) is 7.90. The Morgan fingerprint density at radius 3 is 2.22 bits per heavy atom. The maximum atomic E-state index is 2.46. The summed E-state index contributed by atoms with van der Waals surface area (Å²) in [5.41, 5.74) is 1.50. The lowest BCUT2D eigenvalue weighted by Crippen LogP contribution is -2.15. The van der Waals surface area contributed by atoms with Crippen molar-refractivity contribution >= 4 is 0 Å². The molecular weight excluding hydrogens is 216 g/mol. The van der Waals surface area contributed by atoms with Gasteiger partial charge in [-0.05, 0) is 30.2 Å². The van der Waals surface area contributed by atoms with Gasteiger partial charge in [0.15, 0.2) is 0 Å². The number of rotatable bonds is 4. The molecule has 0 amide bonds. The van der Waals surface area contributed by atoms with Crippen LogP contribution in [-0.2, 0) is 6.42 Å². The second kappa shape index (κ2) is 9.19. The van der Waals surface area contributed by atoms with E-state index in [2.05, 4.69) is 37.3 Å². The highest BCUT2D eigenvalue weighted by atomic mass is 14.2. The van der Waals surface area contributed by atoms with Crippen LogP contribution >= 0.6 is 0 Å². The summed E-state index contributed by atoms with van der Waals surface area (Å²) in [6.45, 7) is 6.46. The molecule has 0 spiro atoms. The minimum absolute atomic E-state index is 0.917. The van der Waals surface area contributed by atoms with Gasteiger partial charge in [0.1, 0.15) is 0 Å². The van der Waals surface area contributed by atoms with Gasteiger partial charge in [0.2, 0.25) is 0 Å². The number of benzene rings is 1. The van der Waals surface area contributed by atoms with Crippen LogP contribution in [-0.4, -0.2) is 0 Å². The Hall–Kier alpha value is -0.780. The minimum atomic E-state index is 0.917. The molecule has 0 N–H and O–H groups in total. The van der Waals surface area contributed by atoms with E-state index >= 15 is 0 Å². The van der Waals surface area contributed by atoms with Crippen molar-refractivity contribution < 1.29 is 0 Å². The van der Waals surface area contributed by atoms with E-state index in [9.17, 15) is 0 Å². The molecule has 1 aromatic rings. The second-order valence-corrected chi connectivity index (χ2v) is 5.40. The van der Waals surface area contributed by atoms with Gasteiger partial charge in [-0.3, -0.25) is 0 Å². The molecule has 1 aliphatic rings. The van der Waals surface area contributed by atoms with Crippen LogP contribution in [0.1, 0.15) is 64.9 Å². The molecule has 0 bridgehead atoms. The molecule has 1 fully saturated rings. The molecule has 1 atom stereocenters. The third-order valence-corrected chi connectivity index (χ3v) is 4.19. The molecule has 0 heterocycles. The lowest BCUT2D eigenvalue weighted by atomic mass is 9.78. The van der Waals surface area contributed by atoms with Crippen LogP contribution in [0.2, 0.25) is 0 Å². The summed E-state index contributed by atoms with van der Waals surface area (Å²) >= 11 is 0. The molecule has 1 saturated carbocycles. The molecule has 102 valence electrons. The molecule has 0 nitrogen and oxygen atoms in total. The van der Waals surface area contributed by atoms with E-state index < -0.39 is 0 Å². The maximum Gasteiger partial charge on any atom is -0.0276 e. The second-order valence-electron chi connectivity index (χ2n) is 5.40. The average molecular weight is 246 g/mol. The smallest absolute Gasteiger partial charge is 0.0276 e. The maximum absolute atomic E-state index is 2.46. The minimum Gasteiger partial charge on any atom is -0.0683 e. The van der Waals surface area contributed by atoms with Crippen LogP contribution in [0, 0.1) is 11.8 Å². The number of hydrogen-bond acceptors (Lipinski definition) is 0. The molecular formula is C18H30. The van der Waals surface area contributed by atoms with E-state index in [0.717, 1.165) is 11.8 Å². The van der Waals surface area contributed by atoms with Crippen LogP contribution in [0.5, 0.6) is 0 Å². The summed E-state index contributed by atoms with van der Waals surface area (Å²) in [6.07, 6.45) is 10.0. The lowest BCUT2D eigenvalue weighted by Gasteiger charge is -2.27. The highest BCUT2D eigenvalue weighted by Crippen LogP contribution is 2.32. The molecule has 0 unspecified atom stereocenters. The molecule has 0 saturated heterocycles. The first kappa shape index (κ1) is 15.3.